The van der Waals surface area contributed by atoms with E-state index < -0.39 is 0 Å². The zero-order valence-corrected chi connectivity index (χ0v) is 19.8. The van der Waals surface area contributed by atoms with Crippen LogP contribution in [0, 0.1) is 12.7 Å². The van der Waals surface area contributed by atoms with Crippen LogP contribution < -0.4 is 4.74 Å². The van der Waals surface area contributed by atoms with Gasteiger partial charge in [0.25, 0.3) is 0 Å². The number of methoxy groups -OCH3 is 1. The minimum absolute atomic E-state index is 0.0609. The van der Waals surface area contributed by atoms with E-state index in [9.17, 15) is 4.39 Å². The first-order chi connectivity index (χ1) is 17.0. The standard InChI is InChI=1S/C27H27FN4O3/c1-18-14-31(17-29-18)23-8-3-19(12-25(23)33-2)11-21-13-27(9-10-34-27)16-32-24(15-35-30-26(21)32)20-4-6-22(28)7-5-20/h3-8,11-12,14,17,24H,9-10,13,15-16H2,1-2H3/b21-11+. The maximum atomic E-state index is 13.6. The minimum atomic E-state index is -0.249. The molecule has 2 fully saturated rings. The second kappa shape index (κ2) is 8.53. The average Bonchev–Trinajstić information content (AvgIpc) is 3.29. The average molecular weight is 475 g/mol. The van der Waals surface area contributed by atoms with E-state index in [1.54, 1.807) is 13.4 Å². The lowest BCUT2D eigenvalue weighted by molar-refractivity contribution is -0.163. The molecule has 0 aliphatic carbocycles. The molecule has 3 aromatic rings. The largest absolute Gasteiger partial charge is 0.495 e. The van der Waals surface area contributed by atoms with Crippen molar-refractivity contribution in [3.63, 3.8) is 0 Å². The summed E-state index contributed by atoms with van der Waals surface area (Å²) in [4.78, 5) is 12.3. The topological polar surface area (TPSA) is 61.1 Å². The predicted molar refractivity (Wildman–Crippen MR) is 130 cm³/mol. The number of hydrogen-bond acceptors (Lipinski definition) is 6. The van der Waals surface area contributed by atoms with Crippen LogP contribution in [-0.4, -0.2) is 52.8 Å². The van der Waals surface area contributed by atoms with Gasteiger partial charge in [-0.05, 0) is 48.4 Å². The van der Waals surface area contributed by atoms with Gasteiger partial charge >= 0.3 is 0 Å². The summed E-state index contributed by atoms with van der Waals surface area (Å²) in [6, 6.07) is 12.7. The number of amidine groups is 1. The summed E-state index contributed by atoms with van der Waals surface area (Å²) in [7, 11) is 1.67. The van der Waals surface area contributed by atoms with Crippen LogP contribution in [0.3, 0.4) is 0 Å². The lowest BCUT2D eigenvalue weighted by Gasteiger charge is -2.52. The summed E-state index contributed by atoms with van der Waals surface area (Å²) in [6.45, 7) is 3.86. The van der Waals surface area contributed by atoms with E-state index in [4.69, 9.17) is 14.3 Å². The summed E-state index contributed by atoms with van der Waals surface area (Å²) < 4.78 is 27.4. The number of oxime groups is 1. The van der Waals surface area contributed by atoms with E-state index in [2.05, 4.69) is 27.2 Å². The van der Waals surface area contributed by atoms with Crippen molar-refractivity contribution in [2.75, 3.05) is 26.9 Å². The molecule has 7 nitrogen and oxygen atoms in total. The Bertz CT molecular complexity index is 1310. The van der Waals surface area contributed by atoms with Gasteiger partial charge in [-0.1, -0.05) is 23.4 Å². The highest BCUT2D eigenvalue weighted by Crippen LogP contribution is 2.43. The molecule has 180 valence electrons. The number of benzene rings is 2. The van der Waals surface area contributed by atoms with Crippen LogP contribution in [0.1, 0.15) is 35.7 Å². The van der Waals surface area contributed by atoms with E-state index in [1.807, 2.05) is 42.0 Å². The highest BCUT2D eigenvalue weighted by molar-refractivity contribution is 6.03. The fourth-order valence-corrected chi connectivity index (χ4v) is 5.16. The number of fused-ring (bicyclic) bond motifs is 1. The number of rotatable bonds is 4. The molecule has 2 unspecified atom stereocenters. The Morgan fingerprint density at radius 1 is 1.20 bits per heavy atom. The van der Waals surface area contributed by atoms with Crippen molar-refractivity contribution in [1.29, 1.82) is 0 Å². The van der Waals surface area contributed by atoms with Gasteiger partial charge in [0.1, 0.15) is 18.2 Å². The van der Waals surface area contributed by atoms with Crippen molar-refractivity contribution in [2.45, 2.75) is 31.4 Å². The van der Waals surface area contributed by atoms with Crippen molar-refractivity contribution in [1.82, 2.24) is 14.5 Å². The Labute approximate surface area is 203 Å². The summed E-state index contributed by atoms with van der Waals surface area (Å²) in [6.07, 6.45) is 7.64. The predicted octanol–water partition coefficient (Wildman–Crippen LogP) is 4.66. The van der Waals surface area contributed by atoms with Gasteiger partial charge in [0.05, 0.1) is 43.1 Å². The Hall–Kier alpha value is -3.65. The Balaban J connectivity index is 1.37. The number of hydrogen-bond donors (Lipinski definition) is 0. The molecule has 2 atom stereocenters. The molecule has 0 saturated carbocycles. The van der Waals surface area contributed by atoms with Gasteiger partial charge < -0.3 is 23.8 Å². The summed E-state index contributed by atoms with van der Waals surface area (Å²) in [5, 5.41) is 4.46. The van der Waals surface area contributed by atoms with Gasteiger partial charge in [-0.15, -0.1) is 0 Å². The molecule has 3 aliphatic rings. The third-order valence-corrected chi connectivity index (χ3v) is 7.05. The van der Waals surface area contributed by atoms with E-state index >= 15 is 0 Å². The van der Waals surface area contributed by atoms with E-state index in [-0.39, 0.29) is 17.5 Å². The lowest BCUT2D eigenvalue weighted by atomic mass is 9.81. The number of aryl methyl sites for hydroxylation is 1. The zero-order valence-electron chi connectivity index (χ0n) is 19.8. The minimum Gasteiger partial charge on any atom is -0.495 e. The first kappa shape index (κ1) is 21.9. The van der Waals surface area contributed by atoms with Crippen LogP contribution in [0.4, 0.5) is 4.39 Å². The monoisotopic (exact) mass is 474 g/mol. The molecule has 35 heavy (non-hydrogen) atoms. The maximum Gasteiger partial charge on any atom is 0.172 e. The number of halogens is 1. The number of piperidine rings is 1. The quantitative estimate of drug-likeness (QED) is 0.550. The fraction of sp³-hybridized carbons (Fsp3) is 0.333. The van der Waals surface area contributed by atoms with Gasteiger partial charge in [-0.2, -0.15) is 0 Å². The van der Waals surface area contributed by atoms with Crippen LogP contribution in [0.2, 0.25) is 0 Å². The van der Waals surface area contributed by atoms with Crippen molar-refractivity contribution >= 4 is 11.9 Å². The first-order valence-corrected chi connectivity index (χ1v) is 11.8. The summed E-state index contributed by atoms with van der Waals surface area (Å²) in [5.74, 6) is 1.31. The molecule has 0 bridgehead atoms. The third kappa shape index (κ3) is 3.97. The molecule has 2 saturated heterocycles. The normalized spacial score (nSPS) is 24.5. The fourth-order valence-electron chi connectivity index (χ4n) is 5.16. The van der Waals surface area contributed by atoms with Crippen LogP contribution in [0.15, 0.2) is 65.7 Å². The van der Waals surface area contributed by atoms with Crippen LogP contribution >= 0.6 is 0 Å². The van der Waals surface area contributed by atoms with Gasteiger partial charge in [-0.3, -0.25) is 0 Å². The highest BCUT2D eigenvalue weighted by Gasteiger charge is 2.49. The molecule has 2 aromatic carbocycles. The lowest BCUT2D eigenvalue weighted by Crippen LogP contribution is -2.60. The second-order valence-corrected chi connectivity index (χ2v) is 9.39. The Morgan fingerprint density at radius 2 is 2.03 bits per heavy atom. The van der Waals surface area contributed by atoms with Gasteiger partial charge in [0, 0.05) is 31.2 Å². The number of imidazole rings is 1. The third-order valence-electron chi connectivity index (χ3n) is 7.05. The SMILES string of the molecule is COc1cc(/C=C2\CC3(CCO3)CN3C2=NOCC3c2ccc(F)cc2)ccc1-n1cnc(C)c1. The summed E-state index contributed by atoms with van der Waals surface area (Å²) >= 11 is 0. The second-order valence-electron chi connectivity index (χ2n) is 9.39. The Kier molecular flexibility index (Phi) is 5.33. The maximum absolute atomic E-state index is 13.6. The van der Waals surface area contributed by atoms with Crippen molar-refractivity contribution in [3.8, 4) is 11.4 Å². The molecule has 0 radical (unpaired) electrons. The van der Waals surface area contributed by atoms with E-state index in [1.165, 1.54) is 12.1 Å². The van der Waals surface area contributed by atoms with Crippen molar-refractivity contribution < 1.29 is 18.7 Å². The molecule has 0 N–H and O–H groups in total. The number of aromatic nitrogens is 2. The molecule has 1 spiro atoms. The van der Waals surface area contributed by atoms with E-state index in [0.717, 1.165) is 65.7 Å². The molecular weight excluding hydrogens is 447 g/mol. The van der Waals surface area contributed by atoms with Gasteiger partial charge in [0.2, 0.25) is 0 Å². The van der Waals surface area contributed by atoms with Crippen molar-refractivity contribution in [3.05, 3.63) is 83.2 Å². The smallest absolute Gasteiger partial charge is 0.172 e. The summed E-state index contributed by atoms with van der Waals surface area (Å²) in [5.41, 5.74) is 4.68. The highest BCUT2D eigenvalue weighted by atomic mass is 19.1. The zero-order chi connectivity index (χ0) is 24.0. The van der Waals surface area contributed by atoms with Crippen LogP contribution in [0.25, 0.3) is 11.8 Å². The molecule has 1 aromatic heterocycles. The van der Waals surface area contributed by atoms with E-state index in [0.29, 0.717) is 6.61 Å². The molecule has 6 rings (SSSR count). The Morgan fingerprint density at radius 3 is 2.71 bits per heavy atom. The van der Waals surface area contributed by atoms with Gasteiger partial charge in [-0.25, -0.2) is 9.37 Å². The number of ether oxygens (including phenoxy) is 2. The molecule has 3 aliphatic heterocycles. The molecular formula is C27H27FN4O3. The molecule has 4 heterocycles. The first-order valence-electron chi connectivity index (χ1n) is 11.8. The van der Waals surface area contributed by atoms with Crippen LogP contribution in [0.5, 0.6) is 5.75 Å². The van der Waals surface area contributed by atoms with Crippen LogP contribution in [-0.2, 0) is 9.57 Å². The van der Waals surface area contributed by atoms with Crippen molar-refractivity contribution in [2.24, 2.45) is 5.16 Å². The molecule has 0 amide bonds. The van der Waals surface area contributed by atoms with Gasteiger partial charge in [0.15, 0.2) is 5.84 Å². The number of nitrogens with zero attached hydrogens (tertiary/aromatic N) is 4. The molecule has 8 heteroatoms.